The molecule has 0 radical (unpaired) electrons. The van der Waals surface area contributed by atoms with Gasteiger partial charge >= 0.3 is 0 Å². The lowest BCUT2D eigenvalue weighted by Crippen LogP contribution is -2.48. The van der Waals surface area contributed by atoms with Crippen molar-refractivity contribution in [2.75, 3.05) is 0 Å². The van der Waals surface area contributed by atoms with Crippen molar-refractivity contribution < 1.29 is 14.6 Å². The number of aliphatic carboxylic acids is 1. The summed E-state index contributed by atoms with van der Waals surface area (Å²) in [4.78, 5) is 11.0. The Labute approximate surface area is 101 Å². The van der Waals surface area contributed by atoms with E-state index in [2.05, 4.69) is 6.92 Å². The molecule has 1 aromatic carbocycles. The van der Waals surface area contributed by atoms with Gasteiger partial charge in [0.2, 0.25) is 0 Å². The Bertz CT molecular complexity index is 461. The molecule has 92 valence electrons. The molecule has 0 N–H and O–H groups in total. The van der Waals surface area contributed by atoms with Crippen LogP contribution in [0.3, 0.4) is 0 Å². The fraction of sp³-hybridized carbons (Fsp3) is 0.500. The number of carbonyl (C=O) groups excluding carboxylic acids is 1. The number of rotatable bonds is 3. The first-order chi connectivity index (χ1) is 7.92. The second-order valence-electron chi connectivity index (χ2n) is 5.09. The van der Waals surface area contributed by atoms with E-state index in [-0.39, 0.29) is 0 Å². The maximum absolute atomic E-state index is 11.0. The minimum absolute atomic E-state index is 0.692. The predicted molar refractivity (Wildman–Crippen MR) is 62.9 cm³/mol. The van der Waals surface area contributed by atoms with E-state index in [4.69, 9.17) is 4.74 Å². The third kappa shape index (κ3) is 2.14. The van der Waals surface area contributed by atoms with Crippen LogP contribution in [0.4, 0.5) is 0 Å². The molecule has 0 saturated heterocycles. The van der Waals surface area contributed by atoms with Crippen LogP contribution in [0.5, 0.6) is 5.75 Å². The molecule has 0 saturated carbocycles. The van der Waals surface area contributed by atoms with Gasteiger partial charge in [0.1, 0.15) is 11.4 Å². The molecule has 3 heteroatoms. The van der Waals surface area contributed by atoms with Gasteiger partial charge in [0.15, 0.2) is 0 Å². The highest BCUT2D eigenvalue weighted by Crippen LogP contribution is 2.34. The lowest BCUT2D eigenvalue weighted by atomic mass is 10.0. The van der Waals surface area contributed by atoms with Crippen LogP contribution in [0, 0.1) is 6.92 Å². The van der Waals surface area contributed by atoms with Gasteiger partial charge in [0.25, 0.3) is 0 Å². The van der Waals surface area contributed by atoms with Gasteiger partial charge in [0.05, 0.1) is 5.97 Å². The summed E-state index contributed by atoms with van der Waals surface area (Å²) < 4.78 is 5.60. The zero-order valence-electron chi connectivity index (χ0n) is 10.5. The Hall–Kier alpha value is -1.51. The Kier molecular flexibility index (Phi) is 2.86. The molecule has 0 amide bonds. The van der Waals surface area contributed by atoms with Crippen LogP contribution in [-0.4, -0.2) is 11.6 Å². The van der Waals surface area contributed by atoms with Crippen molar-refractivity contribution >= 4 is 5.97 Å². The van der Waals surface area contributed by atoms with Crippen molar-refractivity contribution in [3.05, 3.63) is 28.8 Å². The molecule has 2 rings (SSSR count). The number of aryl methyl sites for hydroxylation is 1. The van der Waals surface area contributed by atoms with E-state index < -0.39 is 11.6 Å². The minimum atomic E-state index is -1.29. The van der Waals surface area contributed by atoms with Crippen molar-refractivity contribution in [3.8, 4) is 5.75 Å². The van der Waals surface area contributed by atoms with E-state index in [0.29, 0.717) is 5.75 Å². The first-order valence-corrected chi connectivity index (χ1v) is 5.93. The van der Waals surface area contributed by atoms with Gasteiger partial charge in [-0.05, 0) is 62.8 Å². The Morgan fingerprint density at radius 3 is 2.59 bits per heavy atom. The fourth-order valence-electron chi connectivity index (χ4n) is 2.26. The van der Waals surface area contributed by atoms with Gasteiger partial charge in [-0.3, -0.25) is 0 Å². The highest BCUT2D eigenvalue weighted by molar-refractivity contribution is 5.74. The van der Waals surface area contributed by atoms with Crippen LogP contribution in [0.1, 0.15) is 37.0 Å². The highest BCUT2D eigenvalue weighted by Gasteiger charge is 2.25. The normalized spacial score (nSPS) is 14.5. The predicted octanol–water partition coefficient (Wildman–Crippen LogP) is 1.39. The third-order valence-corrected chi connectivity index (χ3v) is 3.33. The SMILES string of the molecule is Cc1ccc(OC(C)(C)C(=O)[O-])c2c1CCC2. The molecule has 1 aromatic rings. The maximum atomic E-state index is 11.0. The molecular weight excluding hydrogens is 216 g/mol. The average Bonchev–Trinajstić information content (AvgIpc) is 2.71. The summed E-state index contributed by atoms with van der Waals surface area (Å²) in [6, 6.07) is 3.86. The fourth-order valence-corrected chi connectivity index (χ4v) is 2.26. The molecule has 0 spiro atoms. The lowest BCUT2D eigenvalue weighted by Gasteiger charge is -2.28. The summed E-state index contributed by atoms with van der Waals surface area (Å²) >= 11 is 0. The van der Waals surface area contributed by atoms with Gasteiger partial charge < -0.3 is 14.6 Å². The molecule has 17 heavy (non-hydrogen) atoms. The van der Waals surface area contributed by atoms with Gasteiger partial charge in [-0.25, -0.2) is 0 Å². The third-order valence-electron chi connectivity index (χ3n) is 3.33. The number of benzene rings is 1. The van der Waals surface area contributed by atoms with E-state index in [1.165, 1.54) is 30.5 Å². The van der Waals surface area contributed by atoms with Crippen LogP contribution in [0.25, 0.3) is 0 Å². The standard InChI is InChI=1S/C14H18O3/c1-9-7-8-12(11-6-4-5-10(9)11)17-14(2,3)13(15)16/h7-8H,4-6H2,1-3H3,(H,15,16)/p-1. The molecule has 0 bridgehead atoms. The monoisotopic (exact) mass is 233 g/mol. The van der Waals surface area contributed by atoms with E-state index in [9.17, 15) is 9.90 Å². The van der Waals surface area contributed by atoms with Gasteiger partial charge in [-0.1, -0.05) is 6.07 Å². The Morgan fingerprint density at radius 1 is 1.29 bits per heavy atom. The summed E-state index contributed by atoms with van der Waals surface area (Å²) in [5, 5.41) is 11.0. The van der Waals surface area contributed by atoms with Crippen LogP contribution >= 0.6 is 0 Å². The second-order valence-corrected chi connectivity index (χ2v) is 5.09. The van der Waals surface area contributed by atoms with Crippen LogP contribution in [0.15, 0.2) is 12.1 Å². The Morgan fingerprint density at radius 2 is 1.94 bits per heavy atom. The first-order valence-electron chi connectivity index (χ1n) is 5.93. The molecule has 1 aliphatic carbocycles. The number of carboxylic acids is 1. The van der Waals surface area contributed by atoms with Crippen molar-refractivity contribution in [2.45, 2.75) is 45.6 Å². The number of ether oxygens (including phenoxy) is 1. The summed E-state index contributed by atoms with van der Waals surface area (Å²) in [7, 11) is 0. The van der Waals surface area contributed by atoms with Gasteiger partial charge in [0, 0.05) is 0 Å². The van der Waals surface area contributed by atoms with E-state index >= 15 is 0 Å². The molecule has 0 aromatic heterocycles. The van der Waals surface area contributed by atoms with E-state index in [0.717, 1.165) is 19.3 Å². The van der Waals surface area contributed by atoms with Crippen molar-refractivity contribution in [3.63, 3.8) is 0 Å². The molecular formula is C14H17O3-. The zero-order chi connectivity index (χ0) is 12.6. The maximum Gasteiger partial charge on any atom is 0.143 e. The molecule has 1 aliphatic rings. The van der Waals surface area contributed by atoms with Crippen molar-refractivity contribution in [2.24, 2.45) is 0 Å². The topological polar surface area (TPSA) is 49.4 Å². The molecule has 0 atom stereocenters. The highest BCUT2D eigenvalue weighted by atomic mass is 16.5. The number of hydrogen-bond acceptors (Lipinski definition) is 3. The van der Waals surface area contributed by atoms with Crippen LogP contribution in [0.2, 0.25) is 0 Å². The largest absolute Gasteiger partial charge is 0.546 e. The number of carboxylic acid groups (broad SMARTS) is 1. The van der Waals surface area contributed by atoms with Crippen LogP contribution < -0.4 is 9.84 Å². The Balaban J connectivity index is 2.35. The van der Waals surface area contributed by atoms with Crippen molar-refractivity contribution in [1.82, 2.24) is 0 Å². The number of carbonyl (C=O) groups is 1. The van der Waals surface area contributed by atoms with Crippen LogP contribution in [-0.2, 0) is 17.6 Å². The number of hydrogen-bond donors (Lipinski definition) is 0. The second kappa shape index (κ2) is 4.06. The average molecular weight is 233 g/mol. The summed E-state index contributed by atoms with van der Waals surface area (Å²) in [5.74, 6) is -0.498. The first kappa shape index (κ1) is 12.0. The molecule has 0 heterocycles. The molecule has 0 aliphatic heterocycles. The lowest BCUT2D eigenvalue weighted by molar-refractivity contribution is -0.320. The summed E-state index contributed by atoms with van der Waals surface area (Å²) in [6.07, 6.45) is 3.14. The molecule has 0 fully saturated rings. The van der Waals surface area contributed by atoms with Crippen molar-refractivity contribution in [1.29, 1.82) is 0 Å². The summed E-state index contributed by atoms with van der Waals surface area (Å²) in [5.41, 5.74) is 2.46. The quantitative estimate of drug-likeness (QED) is 0.792. The minimum Gasteiger partial charge on any atom is -0.546 e. The van der Waals surface area contributed by atoms with E-state index in [1.54, 1.807) is 0 Å². The van der Waals surface area contributed by atoms with Gasteiger partial charge in [-0.2, -0.15) is 0 Å². The molecule has 0 unspecified atom stereocenters. The number of fused-ring (bicyclic) bond motifs is 1. The molecule has 3 nitrogen and oxygen atoms in total. The van der Waals surface area contributed by atoms with Gasteiger partial charge in [-0.15, -0.1) is 0 Å². The van der Waals surface area contributed by atoms with E-state index in [1.807, 2.05) is 12.1 Å². The smallest absolute Gasteiger partial charge is 0.143 e. The summed E-state index contributed by atoms with van der Waals surface area (Å²) in [6.45, 7) is 5.12. The zero-order valence-corrected chi connectivity index (χ0v) is 10.5.